The van der Waals surface area contributed by atoms with Gasteiger partial charge in [-0.1, -0.05) is 6.07 Å². The maximum Gasteiger partial charge on any atom is 0.231 e. The van der Waals surface area contributed by atoms with Crippen molar-refractivity contribution in [1.82, 2.24) is 10.3 Å². The number of unbranched alkanes of at least 4 members (excludes halogenated alkanes) is 1. The van der Waals surface area contributed by atoms with Crippen LogP contribution in [0.15, 0.2) is 22.9 Å². The van der Waals surface area contributed by atoms with Crippen molar-refractivity contribution in [2.24, 2.45) is 0 Å². The van der Waals surface area contributed by atoms with Gasteiger partial charge in [-0.05, 0) is 24.3 Å². The summed E-state index contributed by atoms with van der Waals surface area (Å²) in [5.41, 5.74) is 0.667. The number of rotatable bonds is 10. The summed E-state index contributed by atoms with van der Waals surface area (Å²) >= 11 is 2.88. The third-order valence-electron chi connectivity index (χ3n) is 3.15. The molecule has 0 spiro atoms. The van der Waals surface area contributed by atoms with Crippen LogP contribution in [0.25, 0.3) is 0 Å². The van der Waals surface area contributed by atoms with Crippen LogP contribution >= 0.6 is 22.7 Å². The number of ether oxygens (including phenoxy) is 1. The lowest BCUT2D eigenvalue weighted by atomic mass is 10.3. The van der Waals surface area contributed by atoms with Crippen LogP contribution in [0.2, 0.25) is 0 Å². The fourth-order valence-corrected chi connectivity index (χ4v) is 3.44. The average molecular weight is 367 g/mol. The summed E-state index contributed by atoms with van der Waals surface area (Å²) in [5.74, 6) is -0.157. The number of methoxy groups -OCH3 is 1. The molecule has 0 aliphatic rings. The molecule has 6 nitrogen and oxygen atoms in total. The van der Waals surface area contributed by atoms with E-state index < -0.39 is 0 Å². The lowest BCUT2D eigenvalue weighted by Gasteiger charge is -2.03. The molecule has 0 aromatic carbocycles. The molecule has 8 heteroatoms. The Morgan fingerprint density at radius 2 is 2.08 bits per heavy atom. The van der Waals surface area contributed by atoms with E-state index in [0.717, 1.165) is 17.7 Å². The van der Waals surface area contributed by atoms with Crippen LogP contribution in [0.4, 0.5) is 5.13 Å². The third-order valence-corrected chi connectivity index (χ3v) is 4.83. The summed E-state index contributed by atoms with van der Waals surface area (Å²) in [6.45, 7) is 1.34. The maximum absolute atomic E-state index is 11.9. The van der Waals surface area contributed by atoms with Gasteiger partial charge in [0.2, 0.25) is 11.8 Å². The Kier molecular flexibility index (Phi) is 7.87. The molecule has 130 valence electrons. The highest BCUT2D eigenvalue weighted by molar-refractivity contribution is 7.14. The second-order valence-corrected chi connectivity index (χ2v) is 7.07. The molecule has 2 N–H and O–H groups in total. The van der Waals surface area contributed by atoms with E-state index in [2.05, 4.69) is 15.6 Å². The predicted octanol–water partition coefficient (Wildman–Crippen LogP) is 2.47. The summed E-state index contributed by atoms with van der Waals surface area (Å²) in [6, 6.07) is 3.84. The van der Waals surface area contributed by atoms with E-state index >= 15 is 0 Å². The van der Waals surface area contributed by atoms with E-state index in [4.69, 9.17) is 4.74 Å². The van der Waals surface area contributed by atoms with Gasteiger partial charge in [0.05, 0.1) is 18.5 Å². The lowest BCUT2D eigenvalue weighted by molar-refractivity contribution is -0.120. The zero-order valence-corrected chi connectivity index (χ0v) is 15.2. The van der Waals surface area contributed by atoms with Crippen LogP contribution in [0.5, 0.6) is 0 Å². The molecule has 24 heavy (non-hydrogen) atoms. The molecule has 2 amide bonds. The minimum absolute atomic E-state index is 0.0609. The Balaban J connectivity index is 1.70. The number of hydrogen-bond acceptors (Lipinski definition) is 6. The molecule has 0 fully saturated rings. The first-order valence-corrected chi connectivity index (χ1v) is 9.45. The normalized spacial score (nSPS) is 10.5. The largest absolute Gasteiger partial charge is 0.385 e. The Labute approximate surface area is 149 Å². The van der Waals surface area contributed by atoms with Gasteiger partial charge in [-0.2, -0.15) is 0 Å². The molecule has 0 radical (unpaired) electrons. The van der Waals surface area contributed by atoms with Gasteiger partial charge in [-0.25, -0.2) is 4.98 Å². The topological polar surface area (TPSA) is 80.3 Å². The highest BCUT2D eigenvalue weighted by Gasteiger charge is 2.10. The number of thiophene rings is 1. The van der Waals surface area contributed by atoms with Gasteiger partial charge in [0.1, 0.15) is 0 Å². The van der Waals surface area contributed by atoms with Crippen molar-refractivity contribution in [3.8, 4) is 0 Å². The first kappa shape index (κ1) is 18.6. The Morgan fingerprint density at radius 3 is 2.83 bits per heavy atom. The molecule has 2 rings (SSSR count). The van der Waals surface area contributed by atoms with Crippen LogP contribution in [0, 0.1) is 0 Å². The molecule has 0 aliphatic heterocycles. The van der Waals surface area contributed by atoms with Gasteiger partial charge in [0.15, 0.2) is 5.13 Å². The number of thiazole rings is 1. The monoisotopic (exact) mass is 367 g/mol. The first-order chi connectivity index (χ1) is 11.7. The Hall–Kier alpha value is -1.77. The van der Waals surface area contributed by atoms with Gasteiger partial charge in [-0.15, -0.1) is 22.7 Å². The number of nitrogens with zero attached hydrogens (tertiary/aromatic N) is 1. The van der Waals surface area contributed by atoms with Crippen molar-refractivity contribution in [1.29, 1.82) is 0 Å². The summed E-state index contributed by atoms with van der Waals surface area (Å²) < 4.78 is 4.96. The minimum atomic E-state index is -0.0963. The molecule has 0 saturated carbocycles. The van der Waals surface area contributed by atoms with Crippen LogP contribution < -0.4 is 10.6 Å². The van der Waals surface area contributed by atoms with Crippen molar-refractivity contribution in [3.05, 3.63) is 33.5 Å². The molecule has 0 bridgehead atoms. The van der Waals surface area contributed by atoms with Crippen LogP contribution in [0.3, 0.4) is 0 Å². The fourth-order valence-electron chi connectivity index (χ4n) is 2.01. The molecule has 0 unspecified atom stereocenters. The van der Waals surface area contributed by atoms with Crippen molar-refractivity contribution >= 4 is 39.6 Å². The third kappa shape index (κ3) is 6.77. The molecular formula is C16H21N3O3S2. The zero-order valence-electron chi connectivity index (χ0n) is 13.5. The lowest BCUT2D eigenvalue weighted by Crippen LogP contribution is -2.26. The Bertz CT molecular complexity index is 641. The van der Waals surface area contributed by atoms with E-state index in [9.17, 15) is 9.59 Å². The van der Waals surface area contributed by atoms with E-state index in [1.807, 2.05) is 17.5 Å². The second kappa shape index (κ2) is 10.2. The van der Waals surface area contributed by atoms with Crippen molar-refractivity contribution < 1.29 is 14.3 Å². The van der Waals surface area contributed by atoms with Crippen molar-refractivity contribution in [2.45, 2.75) is 25.7 Å². The molecule has 2 heterocycles. The first-order valence-electron chi connectivity index (χ1n) is 7.69. The molecule has 2 aromatic heterocycles. The van der Waals surface area contributed by atoms with Gasteiger partial charge in [0.25, 0.3) is 0 Å². The average Bonchev–Trinajstić information content (AvgIpc) is 3.19. The number of nitrogens with one attached hydrogen (secondary N) is 2. The number of amides is 2. The van der Waals surface area contributed by atoms with E-state index in [1.54, 1.807) is 23.8 Å². The standard InChI is InChI=1S/C16H21N3O3S2/c1-22-7-3-2-6-17-14(20)9-12-11-24-16(18-12)19-15(21)10-13-5-4-8-23-13/h4-5,8,11H,2-3,6-7,9-10H2,1H3,(H,17,20)(H,18,19,21). The highest BCUT2D eigenvalue weighted by Crippen LogP contribution is 2.17. The summed E-state index contributed by atoms with van der Waals surface area (Å²) in [4.78, 5) is 29.0. The molecular weight excluding hydrogens is 346 g/mol. The van der Waals surface area contributed by atoms with E-state index in [-0.39, 0.29) is 18.2 Å². The number of hydrogen-bond donors (Lipinski definition) is 2. The molecule has 2 aromatic rings. The molecule has 0 aliphatic carbocycles. The van der Waals surface area contributed by atoms with Crippen molar-refractivity contribution in [2.75, 3.05) is 25.6 Å². The number of anilines is 1. The molecule has 0 atom stereocenters. The molecule has 0 saturated heterocycles. The van der Waals surface area contributed by atoms with Gasteiger partial charge in [-0.3, -0.25) is 9.59 Å². The minimum Gasteiger partial charge on any atom is -0.385 e. The van der Waals surface area contributed by atoms with E-state index in [1.165, 1.54) is 11.3 Å². The number of carbonyl (C=O) groups excluding carboxylic acids is 2. The quantitative estimate of drug-likeness (QED) is 0.632. The Morgan fingerprint density at radius 1 is 1.21 bits per heavy atom. The van der Waals surface area contributed by atoms with Gasteiger partial charge in [0, 0.05) is 30.5 Å². The predicted molar refractivity (Wildman–Crippen MR) is 96.6 cm³/mol. The highest BCUT2D eigenvalue weighted by atomic mass is 32.1. The fraction of sp³-hybridized carbons (Fsp3) is 0.438. The zero-order chi connectivity index (χ0) is 17.2. The summed E-state index contributed by atoms with van der Waals surface area (Å²) in [6.07, 6.45) is 2.38. The van der Waals surface area contributed by atoms with E-state index in [0.29, 0.717) is 30.4 Å². The summed E-state index contributed by atoms with van der Waals surface area (Å²) in [7, 11) is 1.66. The van der Waals surface area contributed by atoms with Gasteiger partial charge < -0.3 is 15.4 Å². The maximum atomic E-state index is 11.9. The van der Waals surface area contributed by atoms with Crippen LogP contribution in [-0.4, -0.2) is 37.1 Å². The van der Waals surface area contributed by atoms with Crippen LogP contribution in [-0.2, 0) is 27.2 Å². The smallest absolute Gasteiger partial charge is 0.231 e. The summed E-state index contributed by atoms with van der Waals surface area (Å²) in [5, 5.41) is 9.89. The number of aromatic nitrogens is 1. The van der Waals surface area contributed by atoms with Crippen LogP contribution in [0.1, 0.15) is 23.4 Å². The number of carbonyl (C=O) groups is 2. The van der Waals surface area contributed by atoms with Crippen molar-refractivity contribution in [3.63, 3.8) is 0 Å². The SMILES string of the molecule is COCCCCNC(=O)Cc1csc(NC(=O)Cc2cccs2)n1. The second-order valence-electron chi connectivity index (χ2n) is 5.17. The van der Waals surface area contributed by atoms with Gasteiger partial charge >= 0.3 is 0 Å².